The van der Waals surface area contributed by atoms with Crippen molar-refractivity contribution in [1.29, 1.82) is 0 Å². The van der Waals surface area contributed by atoms with E-state index >= 15 is 0 Å². The molecule has 0 aliphatic heterocycles. The summed E-state index contributed by atoms with van der Waals surface area (Å²) in [6.07, 6.45) is 0.0293. The molecule has 0 aromatic heterocycles. The van der Waals surface area contributed by atoms with Gasteiger partial charge >= 0.3 is 0 Å². The monoisotopic (exact) mass is 361 g/mol. The van der Waals surface area contributed by atoms with Gasteiger partial charge in [0, 0.05) is 5.69 Å². The average molecular weight is 361 g/mol. The minimum atomic E-state index is -0.549. The molecule has 0 bridgehead atoms. The number of rotatable bonds is 7. The van der Waals surface area contributed by atoms with Gasteiger partial charge in [-0.25, -0.2) is 0 Å². The summed E-state index contributed by atoms with van der Waals surface area (Å²) in [5, 5.41) is 2.90. The fourth-order valence-electron chi connectivity index (χ4n) is 2.63. The Morgan fingerprint density at radius 1 is 0.889 bits per heavy atom. The number of para-hydroxylation sites is 1. The fraction of sp³-hybridized carbons (Fsp3) is 0.174. The van der Waals surface area contributed by atoms with Gasteiger partial charge in [0.1, 0.15) is 17.2 Å². The zero-order valence-corrected chi connectivity index (χ0v) is 15.5. The van der Waals surface area contributed by atoms with E-state index in [4.69, 9.17) is 9.47 Å². The van der Waals surface area contributed by atoms with E-state index in [0.29, 0.717) is 23.6 Å². The first-order chi connectivity index (χ1) is 13.1. The molecule has 138 valence electrons. The zero-order chi connectivity index (χ0) is 19.1. The van der Waals surface area contributed by atoms with Crippen molar-refractivity contribution in [2.75, 3.05) is 5.32 Å². The third-order valence-electron chi connectivity index (χ3n) is 4.03. The van der Waals surface area contributed by atoms with E-state index in [0.717, 1.165) is 11.3 Å². The van der Waals surface area contributed by atoms with Gasteiger partial charge in [0.25, 0.3) is 5.91 Å². The summed E-state index contributed by atoms with van der Waals surface area (Å²) in [6, 6.07) is 24.5. The van der Waals surface area contributed by atoms with Gasteiger partial charge in [-0.2, -0.15) is 0 Å². The second kappa shape index (κ2) is 8.90. The van der Waals surface area contributed by atoms with Crippen molar-refractivity contribution < 1.29 is 14.3 Å². The fourth-order valence-corrected chi connectivity index (χ4v) is 2.63. The number of ether oxygens (including phenoxy) is 2. The van der Waals surface area contributed by atoms with Crippen LogP contribution in [0.5, 0.6) is 17.2 Å². The molecule has 0 heterocycles. The molecule has 3 aromatic carbocycles. The molecule has 3 aromatic rings. The molecule has 27 heavy (non-hydrogen) atoms. The topological polar surface area (TPSA) is 47.6 Å². The Kier molecular flexibility index (Phi) is 6.10. The summed E-state index contributed by atoms with van der Waals surface area (Å²) in [5.41, 5.74) is 1.79. The van der Waals surface area contributed by atoms with Crippen molar-refractivity contribution in [3.63, 3.8) is 0 Å². The highest BCUT2D eigenvalue weighted by Crippen LogP contribution is 2.23. The number of hydrogen-bond donors (Lipinski definition) is 1. The van der Waals surface area contributed by atoms with Crippen LogP contribution in [0.25, 0.3) is 0 Å². The summed E-state index contributed by atoms with van der Waals surface area (Å²) >= 11 is 0. The Bertz CT molecular complexity index is 876. The van der Waals surface area contributed by atoms with Crippen LogP contribution in [0, 0.1) is 6.92 Å². The predicted molar refractivity (Wildman–Crippen MR) is 107 cm³/mol. The number of amides is 1. The van der Waals surface area contributed by atoms with E-state index < -0.39 is 6.10 Å². The molecule has 1 atom stereocenters. The van der Waals surface area contributed by atoms with Crippen LogP contribution in [0.15, 0.2) is 78.9 Å². The number of carbonyl (C=O) groups is 1. The summed E-state index contributed by atoms with van der Waals surface area (Å²) in [7, 11) is 0. The van der Waals surface area contributed by atoms with Gasteiger partial charge in [-0.3, -0.25) is 4.79 Å². The normalized spacial score (nSPS) is 11.5. The number of benzene rings is 3. The number of carbonyl (C=O) groups excluding carboxylic acids is 1. The average Bonchev–Trinajstić information content (AvgIpc) is 2.68. The van der Waals surface area contributed by atoms with Crippen molar-refractivity contribution in [2.45, 2.75) is 26.4 Å². The van der Waals surface area contributed by atoms with Gasteiger partial charge in [-0.15, -0.1) is 0 Å². The molecule has 0 fully saturated rings. The van der Waals surface area contributed by atoms with Crippen LogP contribution in [0.4, 0.5) is 5.69 Å². The highest BCUT2D eigenvalue weighted by Gasteiger charge is 2.18. The second-order valence-corrected chi connectivity index (χ2v) is 6.26. The smallest absolute Gasteiger partial charge is 0.265 e. The predicted octanol–water partition coefficient (Wildman–Crippen LogP) is 5.58. The van der Waals surface area contributed by atoms with Crippen LogP contribution in [0.2, 0.25) is 0 Å². The third-order valence-corrected chi connectivity index (χ3v) is 4.03. The Morgan fingerprint density at radius 2 is 1.56 bits per heavy atom. The first-order valence-electron chi connectivity index (χ1n) is 9.01. The van der Waals surface area contributed by atoms with E-state index in [2.05, 4.69) is 5.32 Å². The molecule has 0 saturated heterocycles. The maximum Gasteiger partial charge on any atom is 0.265 e. The van der Waals surface area contributed by atoms with E-state index in [1.165, 1.54) is 0 Å². The minimum Gasteiger partial charge on any atom is -0.481 e. The lowest BCUT2D eigenvalue weighted by atomic mass is 10.2. The molecule has 1 N–H and O–H groups in total. The molecule has 0 unspecified atom stereocenters. The summed E-state index contributed by atoms with van der Waals surface area (Å²) < 4.78 is 11.6. The molecule has 0 spiro atoms. The van der Waals surface area contributed by atoms with Crippen LogP contribution >= 0.6 is 0 Å². The van der Waals surface area contributed by atoms with E-state index in [-0.39, 0.29) is 5.91 Å². The molecule has 1 amide bonds. The quantitative estimate of drug-likeness (QED) is 0.597. The van der Waals surface area contributed by atoms with E-state index in [1.807, 2.05) is 92.7 Å². The minimum absolute atomic E-state index is 0.171. The maximum atomic E-state index is 12.5. The second-order valence-electron chi connectivity index (χ2n) is 6.26. The molecule has 4 nitrogen and oxygen atoms in total. The van der Waals surface area contributed by atoms with Gasteiger partial charge in [-0.1, -0.05) is 37.3 Å². The molecule has 0 aliphatic carbocycles. The van der Waals surface area contributed by atoms with Crippen LogP contribution in [-0.4, -0.2) is 12.0 Å². The Morgan fingerprint density at radius 3 is 2.22 bits per heavy atom. The maximum absolute atomic E-state index is 12.5. The van der Waals surface area contributed by atoms with Crippen LogP contribution in [0.1, 0.15) is 18.9 Å². The van der Waals surface area contributed by atoms with Crippen LogP contribution in [0.3, 0.4) is 0 Å². The molecule has 0 saturated carbocycles. The SMILES string of the molecule is CC[C@@H](Oc1cccc(C)c1)C(=O)Nc1ccc(Oc2ccccc2)cc1. The summed E-state index contributed by atoms with van der Waals surface area (Å²) in [5.74, 6) is 2.01. The lowest BCUT2D eigenvalue weighted by Crippen LogP contribution is -2.32. The first kappa shape index (κ1) is 18.5. The zero-order valence-electron chi connectivity index (χ0n) is 15.5. The van der Waals surface area contributed by atoms with E-state index in [1.54, 1.807) is 0 Å². The largest absolute Gasteiger partial charge is 0.481 e. The van der Waals surface area contributed by atoms with Gasteiger partial charge < -0.3 is 14.8 Å². The summed E-state index contributed by atoms with van der Waals surface area (Å²) in [6.45, 7) is 3.92. The Labute approximate surface area is 159 Å². The van der Waals surface area contributed by atoms with Crippen LogP contribution in [-0.2, 0) is 4.79 Å². The van der Waals surface area contributed by atoms with Gasteiger partial charge in [0.15, 0.2) is 6.10 Å². The lowest BCUT2D eigenvalue weighted by Gasteiger charge is -2.17. The number of hydrogen-bond acceptors (Lipinski definition) is 3. The highest BCUT2D eigenvalue weighted by molar-refractivity contribution is 5.94. The van der Waals surface area contributed by atoms with Crippen LogP contribution < -0.4 is 14.8 Å². The third kappa shape index (κ3) is 5.35. The van der Waals surface area contributed by atoms with Gasteiger partial charge in [0.05, 0.1) is 0 Å². The highest BCUT2D eigenvalue weighted by atomic mass is 16.5. The standard InChI is InChI=1S/C23H23NO3/c1-3-22(27-21-11-7-8-17(2)16-21)23(25)24-18-12-14-20(15-13-18)26-19-9-5-4-6-10-19/h4-16,22H,3H2,1-2H3,(H,24,25)/t22-/m1/s1. The number of anilines is 1. The van der Waals surface area contributed by atoms with Crippen molar-refractivity contribution in [3.05, 3.63) is 84.4 Å². The first-order valence-corrected chi connectivity index (χ1v) is 9.01. The molecular weight excluding hydrogens is 338 g/mol. The van der Waals surface area contributed by atoms with E-state index in [9.17, 15) is 4.79 Å². The molecular formula is C23H23NO3. The summed E-state index contributed by atoms with van der Waals surface area (Å²) in [4.78, 5) is 12.5. The van der Waals surface area contributed by atoms with Gasteiger partial charge in [0.2, 0.25) is 0 Å². The van der Waals surface area contributed by atoms with Gasteiger partial charge in [-0.05, 0) is 67.4 Å². The molecule has 0 aliphatic rings. The molecule has 3 rings (SSSR count). The molecule has 4 heteroatoms. The Hall–Kier alpha value is -3.27. The van der Waals surface area contributed by atoms with Crippen molar-refractivity contribution in [3.8, 4) is 17.2 Å². The van der Waals surface area contributed by atoms with Crippen molar-refractivity contribution in [2.24, 2.45) is 0 Å². The lowest BCUT2D eigenvalue weighted by molar-refractivity contribution is -0.122. The number of aryl methyl sites for hydroxylation is 1. The van der Waals surface area contributed by atoms with Crippen molar-refractivity contribution in [1.82, 2.24) is 0 Å². The number of nitrogens with one attached hydrogen (secondary N) is 1. The van der Waals surface area contributed by atoms with Crippen molar-refractivity contribution >= 4 is 11.6 Å². The Balaban J connectivity index is 1.60. The molecule has 0 radical (unpaired) electrons.